The van der Waals surface area contributed by atoms with E-state index in [1.165, 1.54) is 6.07 Å². The molecule has 0 radical (unpaired) electrons. The molecule has 0 aliphatic rings. The number of nitrogens with zero attached hydrogens (tertiary/aromatic N) is 2. The Kier molecular flexibility index (Phi) is 3.90. The highest BCUT2D eigenvalue weighted by Gasteiger charge is 2.13. The highest BCUT2D eigenvalue weighted by atomic mass is 35.5. The topological polar surface area (TPSA) is 38.0 Å². The Hall–Kier alpha value is -1.91. The largest absolute Gasteiger partial charge is 0.391 e. The maximum atomic E-state index is 13.4. The Balaban J connectivity index is 1.77. The van der Waals surface area contributed by atoms with E-state index in [9.17, 15) is 9.50 Å². The van der Waals surface area contributed by atoms with Gasteiger partial charge in [0.05, 0.1) is 35.0 Å². The minimum Gasteiger partial charge on any atom is -0.391 e. The summed E-state index contributed by atoms with van der Waals surface area (Å²) >= 11 is 5.91. The summed E-state index contributed by atoms with van der Waals surface area (Å²) in [5.41, 5.74) is 2.45. The Morgan fingerprint density at radius 3 is 2.86 bits per heavy atom. The number of aliphatic hydroxyl groups excluding tert-OH is 1. The maximum Gasteiger partial charge on any atom is 0.142 e. The van der Waals surface area contributed by atoms with Gasteiger partial charge in [-0.1, -0.05) is 35.9 Å². The molecule has 1 N–H and O–H groups in total. The predicted octanol–water partition coefficient (Wildman–Crippen LogP) is 3.43. The summed E-state index contributed by atoms with van der Waals surface area (Å²) < 4.78 is 15.3. The number of hydrogen-bond donors (Lipinski definition) is 1. The molecule has 0 bridgehead atoms. The van der Waals surface area contributed by atoms with Crippen LogP contribution in [-0.2, 0) is 13.0 Å². The first-order chi connectivity index (χ1) is 10.1. The second-order valence-electron chi connectivity index (χ2n) is 4.96. The van der Waals surface area contributed by atoms with Gasteiger partial charge in [-0.15, -0.1) is 0 Å². The van der Waals surface area contributed by atoms with Gasteiger partial charge < -0.3 is 9.67 Å². The van der Waals surface area contributed by atoms with Crippen molar-refractivity contribution in [3.63, 3.8) is 0 Å². The number of aliphatic hydroxyl groups is 1. The van der Waals surface area contributed by atoms with E-state index in [-0.39, 0.29) is 5.02 Å². The van der Waals surface area contributed by atoms with Crippen molar-refractivity contribution in [2.75, 3.05) is 0 Å². The summed E-state index contributed by atoms with van der Waals surface area (Å²) in [4.78, 5) is 4.28. The maximum absolute atomic E-state index is 13.4. The first-order valence-electron chi connectivity index (χ1n) is 6.66. The van der Waals surface area contributed by atoms with E-state index in [1.54, 1.807) is 18.5 Å². The molecule has 1 heterocycles. The fourth-order valence-electron chi connectivity index (χ4n) is 2.41. The van der Waals surface area contributed by atoms with Gasteiger partial charge >= 0.3 is 0 Å². The Labute approximate surface area is 126 Å². The monoisotopic (exact) mass is 304 g/mol. The summed E-state index contributed by atoms with van der Waals surface area (Å²) in [7, 11) is 0. The molecule has 0 saturated carbocycles. The summed E-state index contributed by atoms with van der Waals surface area (Å²) in [6, 6.07) is 12.3. The van der Waals surface area contributed by atoms with Crippen LogP contribution in [0, 0.1) is 5.82 Å². The number of para-hydroxylation sites is 2. The molecule has 2 aromatic carbocycles. The third-order valence-electron chi connectivity index (χ3n) is 3.42. The molecule has 0 spiro atoms. The first kappa shape index (κ1) is 14.0. The second-order valence-corrected chi connectivity index (χ2v) is 5.33. The second kappa shape index (κ2) is 5.84. The van der Waals surface area contributed by atoms with Crippen LogP contribution >= 0.6 is 11.6 Å². The van der Waals surface area contributed by atoms with Crippen molar-refractivity contribution in [3.8, 4) is 0 Å². The molecule has 1 aromatic heterocycles. The Morgan fingerprint density at radius 1 is 1.19 bits per heavy atom. The van der Waals surface area contributed by atoms with E-state index >= 15 is 0 Å². The lowest BCUT2D eigenvalue weighted by molar-refractivity contribution is 0.155. The molecule has 0 amide bonds. The molecular weight excluding hydrogens is 291 g/mol. The number of halogens is 2. The zero-order chi connectivity index (χ0) is 14.8. The van der Waals surface area contributed by atoms with Crippen LogP contribution in [-0.4, -0.2) is 20.8 Å². The lowest BCUT2D eigenvalue weighted by atomic mass is 10.1. The van der Waals surface area contributed by atoms with E-state index < -0.39 is 11.9 Å². The van der Waals surface area contributed by atoms with Crippen LogP contribution in [0.15, 0.2) is 48.8 Å². The van der Waals surface area contributed by atoms with Crippen LogP contribution in [0.2, 0.25) is 5.02 Å². The van der Waals surface area contributed by atoms with Gasteiger partial charge in [0.2, 0.25) is 0 Å². The summed E-state index contributed by atoms with van der Waals surface area (Å²) in [5, 5.41) is 10.3. The fourth-order valence-corrected chi connectivity index (χ4v) is 2.61. The van der Waals surface area contributed by atoms with E-state index in [0.717, 1.165) is 11.0 Å². The van der Waals surface area contributed by atoms with Gasteiger partial charge in [0.25, 0.3) is 0 Å². The van der Waals surface area contributed by atoms with Crippen LogP contribution < -0.4 is 0 Å². The van der Waals surface area contributed by atoms with E-state index in [0.29, 0.717) is 18.5 Å². The molecule has 108 valence electrons. The number of rotatable bonds is 4. The number of imidazole rings is 1. The number of benzene rings is 2. The number of fused-ring (bicyclic) bond motifs is 1. The van der Waals surface area contributed by atoms with Gasteiger partial charge in [-0.2, -0.15) is 0 Å². The zero-order valence-electron chi connectivity index (χ0n) is 11.2. The standard InChI is InChI=1S/C16H14ClFN2O/c17-16-11(4-3-5-13(16)18)8-12(21)9-20-10-19-14-6-1-2-7-15(14)20/h1-7,10,12,21H,8-9H2. The average Bonchev–Trinajstić information content (AvgIpc) is 2.87. The van der Waals surface area contributed by atoms with Crippen molar-refractivity contribution in [2.45, 2.75) is 19.1 Å². The van der Waals surface area contributed by atoms with Crippen LogP contribution in [0.4, 0.5) is 4.39 Å². The first-order valence-corrected chi connectivity index (χ1v) is 7.04. The third kappa shape index (κ3) is 2.91. The van der Waals surface area contributed by atoms with E-state index in [4.69, 9.17) is 11.6 Å². The summed E-state index contributed by atoms with van der Waals surface area (Å²) in [6.45, 7) is 0.382. The normalized spacial score (nSPS) is 12.7. The molecule has 0 fully saturated rings. The third-order valence-corrected chi connectivity index (χ3v) is 3.85. The highest BCUT2D eigenvalue weighted by molar-refractivity contribution is 6.31. The quantitative estimate of drug-likeness (QED) is 0.802. The van der Waals surface area contributed by atoms with Crippen LogP contribution in [0.25, 0.3) is 11.0 Å². The van der Waals surface area contributed by atoms with Gasteiger partial charge in [0, 0.05) is 6.42 Å². The molecule has 3 rings (SSSR count). The van der Waals surface area contributed by atoms with Gasteiger partial charge in [0.1, 0.15) is 5.82 Å². The Morgan fingerprint density at radius 2 is 2.00 bits per heavy atom. The smallest absolute Gasteiger partial charge is 0.142 e. The molecule has 21 heavy (non-hydrogen) atoms. The molecule has 0 saturated heterocycles. The molecule has 3 nitrogen and oxygen atoms in total. The summed E-state index contributed by atoms with van der Waals surface area (Å²) in [6.07, 6.45) is 1.33. The van der Waals surface area contributed by atoms with Crippen LogP contribution in [0.5, 0.6) is 0 Å². The van der Waals surface area contributed by atoms with Crippen molar-refractivity contribution in [2.24, 2.45) is 0 Å². The van der Waals surface area contributed by atoms with Crippen molar-refractivity contribution in [1.82, 2.24) is 9.55 Å². The Bertz CT molecular complexity index is 772. The molecule has 1 atom stereocenters. The van der Waals surface area contributed by atoms with Crippen molar-refractivity contribution in [1.29, 1.82) is 0 Å². The average molecular weight is 305 g/mol. The SMILES string of the molecule is OC(Cc1cccc(F)c1Cl)Cn1cnc2ccccc21. The minimum atomic E-state index is -0.665. The highest BCUT2D eigenvalue weighted by Crippen LogP contribution is 2.21. The molecule has 5 heteroatoms. The van der Waals surface area contributed by atoms with Gasteiger partial charge in [-0.3, -0.25) is 0 Å². The van der Waals surface area contributed by atoms with Crippen LogP contribution in [0.1, 0.15) is 5.56 Å². The molecular formula is C16H14ClFN2O. The van der Waals surface area contributed by atoms with Gasteiger partial charge in [-0.25, -0.2) is 9.37 Å². The molecule has 0 aliphatic carbocycles. The molecule has 0 aliphatic heterocycles. The fraction of sp³-hybridized carbons (Fsp3) is 0.188. The zero-order valence-corrected chi connectivity index (χ0v) is 12.0. The minimum absolute atomic E-state index is 0.0760. The lowest BCUT2D eigenvalue weighted by Crippen LogP contribution is -2.18. The van der Waals surface area contributed by atoms with Crippen LogP contribution in [0.3, 0.4) is 0 Å². The van der Waals surface area contributed by atoms with Crippen molar-refractivity contribution >= 4 is 22.6 Å². The van der Waals surface area contributed by atoms with Crippen molar-refractivity contribution in [3.05, 3.63) is 65.2 Å². The number of hydrogen-bond acceptors (Lipinski definition) is 2. The van der Waals surface area contributed by atoms with Gasteiger partial charge in [-0.05, 0) is 23.8 Å². The molecule has 1 unspecified atom stereocenters. The predicted molar refractivity (Wildman–Crippen MR) is 80.9 cm³/mol. The van der Waals surface area contributed by atoms with Crippen molar-refractivity contribution < 1.29 is 9.50 Å². The number of aromatic nitrogens is 2. The van der Waals surface area contributed by atoms with E-state index in [1.807, 2.05) is 28.8 Å². The molecule has 3 aromatic rings. The summed E-state index contributed by atoms with van der Waals surface area (Å²) in [5.74, 6) is -0.463. The van der Waals surface area contributed by atoms with Gasteiger partial charge in [0.15, 0.2) is 0 Å². The lowest BCUT2D eigenvalue weighted by Gasteiger charge is -2.13. The van der Waals surface area contributed by atoms with E-state index in [2.05, 4.69) is 4.98 Å².